The molecule has 1 aromatic carbocycles. The third kappa shape index (κ3) is 4.56. The standard InChI is InChI=1S/C16H20N2O2S2/c1-10-11(2)22-16(17-10)18-15(20)12(3)21-9-14(19)13-7-5-4-6-8-13/h4-8,12,14,19H,9H2,1-3H3,(H,17,18,20). The fraction of sp³-hybridized carbons (Fsp3) is 0.375. The van der Waals surface area contributed by atoms with E-state index in [1.165, 1.54) is 23.1 Å². The number of aliphatic hydroxyl groups is 1. The second kappa shape index (κ2) is 7.76. The summed E-state index contributed by atoms with van der Waals surface area (Å²) in [6.45, 7) is 5.75. The van der Waals surface area contributed by atoms with Crippen LogP contribution < -0.4 is 5.32 Å². The van der Waals surface area contributed by atoms with Crippen molar-refractivity contribution in [3.63, 3.8) is 0 Å². The lowest BCUT2D eigenvalue weighted by molar-refractivity contribution is -0.115. The van der Waals surface area contributed by atoms with Crippen LogP contribution in [0.25, 0.3) is 0 Å². The Morgan fingerprint density at radius 3 is 2.64 bits per heavy atom. The lowest BCUT2D eigenvalue weighted by Gasteiger charge is -2.14. The summed E-state index contributed by atoms with van der Waals surface area (Å²) in [6.07, 6.45) is -0.564. The number of nitrogens with one attached hydrogen (secondary N) is 1. The molecule has 1 amide bonds. The summed E-state index contributed by atoms with van der Waals surface area (Å²) in [5.41, 5.74) is 1.81. The van der Waals surface area contributed by atoms with E-state index in [0.717, 1.165) is 16.1 Å². The number of carbonyl (C=O) groups is 1. The predicted octanol–water partition coefficient (Wildman–Crippen LogP) is 3.55. The minimum Gasteiger partial charge on any atom is -0.388 e. The fourth-order valence-electron chi connectivity index (χ4n) is 1.82. The zero-order valence-electron chi connectivity index (χ0n) is 12.9. The molecule has 0 aliphatic carbocycles. The van der Waals surface area contributed by atoms with Crippen LogP contribution in [0.2, 0.25) is 0 Å². The number of aromatic nitrogens is 1. The van der Waals surface area contributed by atoms with Crippen molar-refractivity contribution in [2.45, 2.75) is 32.1 Å². The Labute approximate surface area is 139 Å². The van der Waals surface area contributed by atoms with Gasteiger partial charge in [0, 0.05) is 10.6 Å². The minimum absolute atomic E-state index is 0.0842. The maximum Gasteiger partial charge on any atom is 0.238 e. The van der Waals surface area contributed by atoms with Gasteiger partial charge in [0.2, 0.25) is 5.91 Å². The number of rotatable bonds is 6. The number of hydrogen-bond acceptors (Lipinski definition) is 5. The van der Waals surface area contributed by atoms with Crippen molar-refractivity contribution >= 4 is 34.1 Å². The second-order valence-electron chi connectivity index (χ2n) is 5.05. The predicted molar refractivity (Wildman–Crippen MR) is 93.5 cm³/mol. The molecular weight excluding hydrogens is 316 g/mol. The summed E-state index contributed by atoms with van der Waals surface area (Å²) >= 11 is 2.91. The lowest BCUT2D eigenvalue weighted by Crippen LogP contribution is -2.23. The SMILES string of the molecule is Cc1nc(NC(=O)C(C)SCC(O)c2ccccc2)sc1C. The first-order chi connectivity index (χ1) is 10.5. The van der Waals surface area contributed by atoms with Crippen LogP contribution in [0.5, 0.6) is 0 Å². The zero-order valence-corrected chi connectivity index (χ0v) is 14.5. The Hall–Kier alpha value is -1.37. The summed E-state index contributed by atoms with van der Waals surface area (Å²) in [5, 5.41) is 13.3. The molecule has 22 heavy (non-hydrogen) atoms. The summed E-state index contributed by atoms with van der Waals surface area (Å²) in [7, 11) is 0. The molecule has 0 fully saturated rings. The highest BCUT2D eigenvalue weighted by Crippen LogP contribution is 2.24. The van der Waals surface area contributed by atoms with Crippen LogP contribution >= 0.6 is 23.1 Å². The van der Waals surface area contributed by atoms with Gasteiger partial charge in [-0.1, -0.05) is 30.3 Å². The maximum atomic E-state index is 12.1. The minimum atomic E-state index is -0.564. The molecule has 0 bridgehead atoms. The Balaban J connectivity index is 1.84. The molecule has 2 aromatic rings. The number of aryl methyl sites for hydroxylation is 2. The van der Waals surface area contributed by atoms with Crippen LogP contribution in [0.3, 0.4) is 0 Å². The number of carbonyl (C=O) groups excluding carboxylic acids is 1. The molecule has 1 aromatic heterocycles. The zero-order chi connectivity index (χ0) is 16.1. The fourth-order valence-corrected chi connectivity index (χ4v) is 3.51. The summed E-state index contributed by atoms with van der Waals surface area (Å²) < 4.78 is 0. The third-order valence-electron chi connectivity index (χ3n) is 3.32. The number of amides is 1. The monoisotopic (exact) mass is 336 g/mol. The molecule has 0 saturated heterocycles. The van der Waals surface area contributed by atoms with Crippen LogP contribution in [0, 0.1) is 13.8 Å². The average molecular weight is 336 g/mol. The van der Waals surface area contributed by atoms with Crippen LogP contribution in [0.1, 0.15) is 29.2 Å². The molecular formula is C16H20N2O2S2. The van der Waals surface area contributed by atoms with Crippen LogP contribution in [0.15, 0.2) is 30.3 Å². The molecule has 4 nitrogen and oxygen atoms in total. The number of thiazole rings is 1. The first-order valence-corrected chi connectivity index (χ1v) is 8.93. The van der Waals surface area contributed by atoms with Gasteiger partial charge in [0.15, 0.2) is 5.13 Å². The third-order valence-corrected chi connectivity index (χ3v) is 5.53. The second-order valence-corrected chi connectivity index (χ2v) is 7.63. The number of hydrogen-bond donors (Lipinski definition) is 2. The molecule has 6 heteroatoms. The molecule has 118 valence electrons. The van der Waals surface area contributed by atoms with E-state index in [-0.39, 0.29) is 11.2 Å². The van der Waals surface area contributed by atoms with Gasteiger partial charge in [-0.3, -0.25) is 4.79 Å². The molecule has 1 heterocycles. The van der Waals surface area contributed by atoms with Crippen molar-refractivity contribution in [1.29, 1.82) is 0 Å². The van der Waals surface area contributed by atoms with Gasteiger partial charge in [-0.25, -0.2) is 4.98 Å². The van der Waals surface area contributed by atoms with Gasteiger partial charge < -0.3 is 10.4 Å². The van der Waals surface area contributed by atoms with Crippen molar-refractivity contribution in [2.75, 3.05) is 11.1 Å². The topological polar surface area (TPSA) is 62.2 Å². The van der Waals surface area contributed by atoms with Gasteiger partial charge in [0.05, 0.1) is 17.0 Å². The molecule has 2 rings (SSSR count). The molecule has 2 atom stereocenters. The number of benzene rings is 1. The molecule has 0 spiro atoms. The van der Waals surface area contributed by atoms with Crippen LogP contribution in [-0.4, -0.2) is 27.0 Å². The van der Waals surface area contributed by atoms with Crippen molar-refractivity contribution in [1.82, 2.24) is 4.98 Å². The van der Waals surface area contributed by atoms with E-state index in [2.05, 4.69) is 10.3 Å². The first-order valence-electron chi connectivity index (χ1n) is 7.07. The van der Waals surface area contributed by atoms with Crippen molar-refractivity contribution in [2.24, 2.45) is 0 Å². The summed E-state index contributed by atoms with van der Waals surface area (Å²) in [5.74, 6) is 0.396. The van der Waals surface area contributed by atoms with Crippen molar-refractivity contribution < 1.29 is 9.90 Å². The summed E-state index contributed by atoms with van der Waals surface area (Å²) in [4.78, 5) is 17.5. The van der Waals surface area contributed by atoms with Gasteiger partial charge in [-0.2, -0.15) is 0 Å². The molecule has 0 aliphatic heterocycles. The Bertz CT molecular complexity index is 609. The largest absolute Gasteiger partial charge is 0.388 e. The van der Waals surface area contributed by atoms with E-state index in [1.807, 2.05) is 51.1 Å². The highest BCUT2D eigenvalue weighted by molar-refractivity contribution is 8.00. The highest BCUT2D eigenvalue weighted by atomic mass is 32.2. The highest BCUT2D eigenvalue weighted by Gasteiger charge is 2.18. The molecule has 0 aliphatic rings. The van der Waals surface area contributed by atoms with E-state index in [4.69, 9.17) is 0 Å². The van der Waals surface area contributed by atoms with E-state index in [9.17, 15) is 9.90 Å². The van der Waals surface area contributed by atoms with Gasteiger partial charge in [0.1, 0.15) is 0 Å². The quantitative estimate of drug-likeness (QED) is 0.847. The normalized spacial score (nSPS) is 13.6. The molecule has 0 saturated carbocycles. The smallest absolute Gasteiger partial charge is 0.238 e. The van der Waals surface area contributed by atoms with Crippen molar-refractivity contribution in [3.8, 4) is 0 Å². The number of aliphatic hydroxyl groups excluding tert-OH is 1. The van der Waals surface area contributed by atoms with Gasteiger partial charge in [-0.15, -0.1) is 23.1 Å². The lowest BCUT2D eigenvalue weighted by atomic mass is 10.1. The first kappa shape index (κ1) is 17.0. The van der Waals surface area contributed by atoms with Crippen molar-refractivity contribution in [3.05, 3.63) is 46.5 Å². The van der Waals surface area contributed by atoms with E-state index >= 15 is 0 Å². The molecule has 2 N–H and O–H groups in total. The van der Waals surface area contributed by atoms with Crippen LogP contribution in [0.4, 0.5) is 5.13 Å². The Morgan fingerprint density at radius 2 is 2.05 bits per heavy atom. The molecule has 0 radical (unpaired) electrons. The number of nitrogens with zero attached hydrogens (tertiary/aromatic N) is 1. The van der Waals surface area contributed by atoms with Gasteiger partial charge in [-0.05, 0) is 26.3 Å². The number of anilines is 1. The number of thioether (sulfide) groups is 1. The van der Waals surface area contributed by atoms with Gasteiger partial charge >= 0.3 is 0 Å². The Morgan fingerprint density at radius 1 is 1.36 bits per heavy atom. The van der Waals surface area contributed by atoms with E-state index in [1.54, 1.807) is 0 Å². The van der Waals surface area contributed by atoms with Crippen LogP contribution in [-0.2, 0) is 4.79 Å². The molecule has 2 unspecified atom stereocenters. The average Bonchev–Trinajstić information content (AvgIpc) is 2.83. The summed E-state index contributed by atoms with van der Waals surface area (Å²) in [6, 6.07) is 9.48. The maximum absolute atomic E-state index is 12.1. The van der Waals surface area contributed by atoms with E-state index in [0.29, 0.717) is 10.9 Å². The van der Waals surface area contributed by atoms with Gasteiger partial charge in [0.25, 0.3) is 0 Å². The Kier molecular flexibility index (Phi) is 5.99. The van der Waals surface area contributed by atoms with E-state index < -0.39 is 6.10 Å².